The number of phenols is 1. The minimum absolute atomic E-state index is 0.0369. The molecule has 0 fully saturated rings. The Hall–Kier alpha value is -2.07. The fraction of sp³-hybridized carbons (Fsp3) is 0. The number of nitrogens with zero attached hydrogens (tertiary/aromatic N) is 2. The van der Waals surface area contributed by atoms with Gasteiger partial charge in [0, 0.05) is 16.7 Å². The van der Waals surface area contributed by atoms with Gasteiger partial charge in [0.05, 0.1) is 21.1 Å². The van der Waals surface area contributed by atoms with Crippen molar-refractivity contribution in [1.29, 1.82) is 0 Å². The molecular formula is C13H8Cl3N3O5S. The van der Waals surface area contributed by atoms with Gasteiger partial charge in [-0.05, 0) is 24.3 Å². The summed E-state index contributed by atoms with van der Waals surface area (Å²) in [6.45, 7) is 0. The van der Waals surface area contributed by atoms with E-state index in [1.54, 1.807) is 0 Å². The second-order valence-corrected chi connectivity index (χ2v) is 7.46. The summed E-state index contributed by atoms with van der Waals surface area (Å²) in [5, 5.41) is 24.0. The number of nitro benzene ring substituents is 1. The number of hydrazone groups is 1. The van der Waals surface area contributed by atoms with Crippen LogP contribution in [0.15, 0.2) is 40.3 Å². The molecule has 8 nitrogen and oxygen atoms in total. The van der Waals surface area contributed by atoms with Crippen molar-refractivity contribution in [1.82, 2.24) is 4.83 Å². The van der Waals surface area contributed by atoms with Gasteiger partial charge in [-0.25, -0.2) is 4.83 Å². The fourth-order valence-electron chi connectivity index (χ4n) is 1.70. The van der Waals surface area contributed by atoms with Gasteiger partial charge in [0.25, 0.3) is 15.7 Å². The number of aromatic hydroxyl groups is 1. The zero-order chi connectivity index (χ0) is 18.8. The SMILES string of the molecule is O=[N+]([O-])c1cc(S(=O)(=O)N/N=C/c2cc(Cl)cc(Cl)c2O)ccc1Cl. The average molecular weight is 425 g/mol. The third-order valence-corrected chi connectivity index (χ3v) is 4.91. The maximum Gasteiger partial charge on any atom is 0.289 e. The van der Waals surface area contributed by atoms with E-state index in [-0.39, 0.29) is 26.4 Å². The highest BCUT2D eigenvalue weighted by molar-refractivity contribution is 7.89. The molecule has 0 aliphatic carbocycles. The topological polar surface area (TPSA) is 122 Å². The summed E-state index contributed by atoms with van der Waals surface area (Å²) in [5.74, 6) is -0.337. The molecule has 0 amide bonds. The van der Waals surface area contributed by atoms with Crippen molar-refractivity contribution in [2.24, 2.45) is 5.10 Å². The Morgan fingerprint density at radius 1 is 1.16 bits per heavy atom. The molecule has 25 heavy (non-hydrogen) atoms. The van der Waals surface area contributed by atoms with E-state index < -0.39 is 25.5 Å². The van der Waals surface area contributed by atoms with Crippen LogP contribution in [0.5, 0.6) is 5.75 Å². The number of phenolic OH excluding ortho intramolecular Hbond substituents is 1. The van der Waals surface area contributed by atoms with Gasteiger partial charge in [-0.15, -0.1) is 0 Å². The average Bonchev–Trinajstić information content (AvgIpc) is 2.51. The van der Waals surface area contributed by atoms with Crippen molar-refractivity contribution in [2.75, 3.05) is 0 Å². The molecule has 2 rings (SSSR count). The van der Waals surface area contributed by atoms with Gasteiger partial charge < -0.3 is 5.11 Å². The Balaban J connectivity index is 2.28. The van der Waals surface area contributed by atoms with Crippen molar-refractivity contribution in [3.05, 3.63) is 61.1 Å². The van der Waals surface area contributed by atoms with Gasteiger partial charge in [0.15, 0.2) is 0 Å². The minimum atomic E-state index is -4.19. The van der Waals surface area contributed by atoms with E-state index >= 15 is 0 Å². The molecular weight excluding hydrogens is 417 g/mol. The Kier molecular flexibility index (Phi) is 5.73. The van der Waals surface area contributed by atoms with Crippen LogP contribution >= 0.6 is 34.8 Å². The molecule has 0 spiro atoms. The standard InChI is InChI=1S/C13H8Cl3N3O5S/c14-8-3-7(13(20)11(16)4-8)6-17-18-25(23,24)9-1-2-10(15)12(5-9)19(21)22/h1-6,18,20H/b17-6+. The monoisotopic (exact) mass is 423 g/mol. The number of hydrogen-bond acceptors (Lipinski definition) is 6. The van der Waals surface area contributed by atoms with Crippen molar-refractivity contribution in [2.45, 2.75) is 4.90 Å². The summed E-state index contributed by atoms with van der Waals surface area (Å²) >= 11 is 17.1. The fourth-order valence-corrected chi connectivity index (χ4v) is 3.21. The second kappa shape index (κ2) is 7.44. The zero-order valence-electron chi connectivity index (χ0n) is 12.0. The summed E-state index contributed by atoms with van der Waals surface area (Å²) in [7, 11) is -4.19. The van der Waals surface area contributed by atoms with Crippen LogP contribution in [0.3, 0.4) is 0 Å². The molecule has 0 bridgehead atoms. The normalized spacial score (nSPS) is 11.6. The highest BCUT2D eigenvalue weighted by Gasteiger charge is 2.20. The first kappa shape index (κ1) is 19.3. The second-order valence-electron chi connectivity index (χ2n) is 4.55. The molecule has 0 atom stereocenters. The van der Waals surface area contributed by atoms with Crippen molar-refractivity contribution in [3.63, 3.8) is 0 Å². The van der Waals surface area contributed by atoms with E-state index in [2.05, 4.69) is 5.10 Å². The number of hydrogen-bond donors (Lipinski definition) is 2. The Bertz CT molecular complexity index is 979. The molecule has 2 aromatic carbocycles. The molecule has 0 aliphatic rings. The number of benzene rings is 2. The predicted molar refractivity (Wildman–Crippen MR) is 94.1 cm³/mol. The number of halogens is 3. The highest BCUT2D eigenvalue weighted by Crippen LogP contribution is 2.30. The Morgan fingerprint density at radius 2 is 1.84 bits per heavy atom. The van der Waals surface area contributed by atoms with Gasteiger partial charge in [0.1, 0.15) is 10.8 Å². The molecule has 12 heteroatoms. The van der Waals surface area contributed by atoms with Crippen molar-refractivity contribution < 1.29 is 18.4 Å². The molecule has 0 radical (unpaired) electrons. The summed E-state index contributed by atoms with van der Waals surface area (Å²) < 4.78 is 24.2. The first-order valence-corrected chi connectivity index (χ1v) is 8.90. The first-order valence-electron chi connectivity index (χ1n) is 6.28. The van der Waals surface area contributed by atoms with Crippen molar-refractivity contribution in [3.8, 4) is 5.75 Å². The summed E-state index contributed by atoms with van der Waals surface area (Å²) in [6.07, 6.45) is 0.981. The third kappa shape index (κ3) is 4.51. The minimum Gasteiger partial charge on any atom is -0.506 e. The van der Waals surface area contributed by atoms with E-state index in [1.165, 1.54) is 12.1 Å². The maximum absolute atomic E-state index is 12.1. The van der Waals surface area contributed by atoms with Gasteiger partial charge in [0.2, 0.25) is 0 Å². The first-order chi connectivity index (χ1) is 11.6. The molecule has 132 valence electrons. The molecule has 0 saturated carbocycles. The van der Waals surface area contributed by atoms with Crippen LogP contribution in [0.1, 0.15) is 5.56 Å². The van der Waals surface area contributed by atoms with Crippen LogP contribution in [0.2, 0.25) is 15.1 Å². The van der Waals surface area contributed by atoms with E-state index in [4.69, 9.17) is 34.8 Å². The molecule has 0 saturated heterocycles. The lowest BCUT2D eigenvalue weighted by atomic mass is 10.2. The van der Waals surface area contributed by atoms with Crippen LogP contribution in [0.4, 0.5) is 5.69 Å². The smallest absolute Gasteiger partial charge is 0.289 e. The number of sulfonamides is 1. The maximum atomic E-state index is 12.1. The molecule has 0 aromatic heterocycles. The third-order valence-electron chi connectivity index (χ3n) is 2.86. The van der Waals surface area contributed by atoms with Crippen LogP contribution in [0.25, 0.3) is 0 Å². The lowest BCUT2D eigenvalue weighted by Crippen LogP contribution is -2.18. The predicted octanol–water partition coefficient (Wildman–Crippen LogP) is 3.57. The largest absolute Gasteiger partial charge is 0.506 e. The van der Waals surface area contributed by atoms with E-state index in [0.29, 0.717) is 0 Å². The summed E-state index contributed by atoms with van der Waals surface area (Å²) in [5.41, 5.74) is -0.491. The number of nitro groups is 1. The van der Waals surface area contributed by atoms with Crippen molar-refractivity contribution >= 4 is 56.7 Å². The quantitative estimate of drug-likeness (QED) is 0.431. The molecule has 0 unspecified atom stereocenters. The summed E-state index contributed by atoms with van der Waals surface area (Å²) in [6, 6.07) is 5.58. The van der Waals surface area contributed by atoms with Crippen LogP contribution < -0.4 is 4.83 Å². The van der Waals surface area contributed by atoms with Crippen LogP contribution in [0, 0.1) is 10.1 Å². The summed E-state index contributed by atoms with van der Waals surface area (Å²) in [4.78, 5) is 11.5. The Labute approximate surface area is 156 Å². The molecule has 2 N–H and O–H groups in total. The van der Waals surface area contributed by atoms with Crippen LogP contribution in [-0.2, 0) is 10.0 Å². The van der Waals surface area contributed by atoms with E-state index in [1.807, 2.05) is 4.83 Å². The van der Waals surface area contributed by atoms with E-state index in [9.17, 15) is 23.6 Å². The Morgan fingerprint density at radius 3 is 2.48 bits per heavy atom. The lowest BCUT2D eigenvalue weighted by molar-refractivity contribution is -0.384. The van der Waals surface area contributed by atoms with Gasteiger partial charge >= 0.3 is 0 Å². The zero-order valence-corrected chi connectivity index (χ0v) is 15.1. The van der Waals surface area contributed by atoms with Gasteiger partial charge in [-0.1, -0.05) is 34.8 Å². The van der Waals surface area contributed by atoms with Crippen LogP contribution in [-0.4, -0.2) is 24.7 Å². The lowest BCUT2D eigenvalue weighted by Gasteiger charge is -2.05. The molecule has 0 aliphatic heterocycles. The number of rotatable bonds is 5. The van der Waals surface area contributed by atoms with Gasteiger partial charge in [-0.2, -0.15) is 13.5 Å². The van der Waals surface area contributed by atoms with E-state index in [0.717, 1.165) is 24.4 Å². The molecule has 2 aromatic rings. The highest BCUT2D eigenvalue weighted by atomic mass is 35.5. The molecule has 0 heterocycles. The number of nitrogens with one attached hydrogen (secondary N) is 1. The van der Waals surface area contributed by atoms with Gasteiger partial charge in [-0.3, -0.25) is 10.1 Å².